The maximum atomic E-state index is 6.10. The lowest BCUT2D eigenvalue weighted by Crippen LogP contribution is -2.50. The van der Waals surface area contributed by atoms with E-state index in [1.807, 2.05) is 11.8 Å². The van der Waals surface area contributed by atoms with Crippen LogP contribution in [0.1, 0.15) is 51.4 Å². The summed E-state index contributed by atoms with van der Waals surface area (Å²) in [5.41, 5.74) is 12.8. The molecule has 0 spiro atoms. The number of hydrazine groups is 1. The van der Waals surface area contributed by atoms with Crippen LogP contribution in [-0.4, -0.2) is 62.0 Å². The molecule has 5 nitrogen and oxygen atoms in total. The number of hydrogen-bond acceptors (Lipinski definition) is 6. The SMILES string of the molecule is [B]/C(=C(/N)CN1CC(SC)C1)N(N)CCCCCCCCCCN. The van der Waals surface area contributed by atoms with Crippen LogP contribution >= 0.6 is 11.8 Å². The van der Waals surface area contributed by atoms with Gasteiger partial charge >= 0.3 is 0 Å². The van der Waals surface area contributed by atoms with Crippen LogP contribution in [0.2, 0.25) is 0 Å². The van der Waals surface area contributed by atoms with E-state index in [0.29, 0.717) is 11.3 Å². The molecule has 0 aromatic carbocycles. The van der Waals surface area contributed by atoms with Crippen molar-refractivity contribution in [2.75, 3.05) is 39.0 Å². The fourth-order valence-electron chi connectivity index (χ4n) is 2.91. The summed E-state index contributed by atoms with van der Waals surface area (Å²) in [6.45, 7) is 4.49. The standard InChI is InChI=1S/C17H36BN5S/c1-24-15-12-22(13-15)14-16(20)17(18)23(21)11-9-7-5-3-2-4-6-8-10-19/h15H,2-14,19-21H2,1H3/b17-16-. The Labute approximate surface area is 154 Å². The minimum atomic E-state index is 0.532. The molecule has 0 bridgehead atoms. The van der Waals surface area contributed by atoms with Crippen LogP contribution in [0.15, 0.2) is 11.3 Å². The van der Waals surface area contributed by atoms with Crippen LogP contribution in [0.25, 0.3) is 0 Å². The zero-order valence-corrected chi connectivity index (χ0v) is 16.2. The summed E-state index contributed by atoms with van der Waals surface area (Å²) < 4.78 is 0. The molecule has 0 aliphatic carbocycles. The third kappa shape index (κ3) is 8.65. The molecular formula is C17H36BN5S. The van der Waals surface area contributed by atoms with Crippen molar-refractivity contribution in [1.82, 2.24) is 9.91 Å². The third-order valence-corrected chi connectivity index (χ3v) is 5.61. The molecule has 0 aromatic rings. The van der Waals surface area contributed by atoms with Crippen molar-refractivity contribution in [3.63, 3.8) is 0 Å². The molecule has 2 radical (unpaired) electrons. The Bertz CT molecular complexity index is 361. The molecule has 0 unspecified atom stereocenters. The molecule has 0 amide bonds. The van der Waals surface area contributed by atoms with Gasteiger partial charge in [0.15, 0.2) is 0 Å². The monoisotopic (exact) mass is 353 g/mol. The Hall–Kier alpha value is -0.365. The highest BCUT2D eigenvalue weighted by Gasteiger charge is 2.26. The van der Waals surface area contributed by atoms with Gasteiger partial charge in [0.2, 0.25) is 0 Å². The molecule has 1 aliphatic heterocycles. The third-order valence-electron chi connectivity index (χ3n) is 4.64. The highest BCUT2D eigenvalue weighted by Crippen LogP contribution is 2.20. The summed E-state index contributed by atoms with van der Waals surface area (Å²) >= 11 is 1.91. The fourth-order valence-corrected chi connectivity index (χ4v) is 3.63. The second-order valence-electron chi connectivity index (χ2n) is 6.77. The lowest BCUT2D eigenvalue weighted by Gasteiger charge is -2.38. The van der Waals surface area contributed by atoms with Gasteiger partial charge in [-0.15, -0.1) is 0 Å². The van der Waals surface area contributed by atoms with E-state index < -0.39 is 0 Å². The summed E-state index contributed by atoms with van der Waals surface area (Å²) in [5, 5.41) is 2.35. The first-order valence-electron chi connectivity index (χ1n) is 9.30. The number of likely N-dealkylation sites (tertiary alicyclic amines) is 1. The summed E-state index contributed by atoms with van der Waals surface area (Å²) in [7, 11) is 6.08. The molecule has 0 aromatic heterocycles. The van der Waals surface area contributed by atoms with E-state index in [1.165, 1.54) is 38.5 Å². The number of nitrogens with zero attached hydrogens (tertiary/aromatic N) is 2. The van der Waals surface area contributed by atoms with Crippen LogP contribution in [0.5, 0.6) is 0 Å². The van der Waals surface area contributed by atoms with Gasteiger partial charge in [-0.2, -0.15) is 11.8 Å². The van der Waals surface area contributed by atoms with Gasteiger partial charge in [-0.05, 0) is 31.2 Å². The highest BCUT2D eigenvalue weighted by atomic mass is 32.2. The van der Waals surface area contributed by atoms with Crippen LogP contribution in [0.3, 0.4) is 0 Å². The Morgan fingerprint density at radius 2 is 1.62 bits per heavy atom. The van der Waals surface area contributed by atoms with Crippen molar-refractivity contribution in [2.45, 2.75) is 56.6 Å². The second-order valence-corrected chi connectivity index (χ2v) is 7.91. The van der Waals surface area contributed by atoms with Gasteiger partial charge < -0.3 is 16.5 Å². The van der Waals surface area contributed by atoms with E-state index in [4.69, 9.17) is 25.2 Å². The molecule has 1 saturated heterocycles. The van der Waals surface area contributed by atoms with Crippen molar-refractivity contribution in [2.24, 2.45) is 17.3 Å². The molecule has 0 saturated carbocycles. The molecule has 1 aliphatic rings. The number of thioether (sulfide) groups is 1. The first kappa shape index (κ1) is 21.7. The van der Waals surface area contributed by atoms with E-state index >= 15 is 0 Å². The Morgan fingerprint density at radius 1 is 1.08 bits per heavy atom. The van der Waals surface area contributed by atoms with Gasteiger partial charge in [0.1, 0.15) is 7.85 Å². The van der Waals surface area contributed by atoms with Crippen molar-refractivity contribution in [3.05, 3.63) is 11.3 Å². The maximum Gasteiger partial charge on any atom is 0.142 e. The minimum absolute atomic E-state index is 0.532. The summed E-state index contributed by atoms with van der Waals surface area (Å²) in [6, 6.07) is 0. The van der Waals surface area contributed by atoms with Crippen LogP contribution in [0, 0.1) is 0 Å². The molecular weight excluding hydrogens is 317 g/mol. The van der Waals surface area contributed by atoms with Gasteiger partial charge in [0, 0.05) is 37.1 Å². The molecule has 1 heterocycles. The average molecular weight is 353 g/mol. The molecule has 24 heavy (non-hydrogen) atoms. The minimum Gasteiger partial charge on any atom is -0.400 e. The van der Waals surface area contributed by atoms with Crippen LogP contribution in [-0.2, 0) is 0 Å². The van der Waals surface area contributed by atoms with Crippen LogP contribution in [0.4, 0.5) is 0 Å². The van der Waals surface area contributed by atoms with E-state index in [9.17, 15) is 0 Å². The number of unbranched alkanes of at least 4 members (excludes halogenated alkanes) is 7. The second kappa shape index (κ2) is 12.9. The molecule has 138 valence electrons. The fraction of sp³-hybridized carbons (Fsp3) is 0.882. The van der Waals surface area contributed by atoms with Crippen molar-refractivity contribution < 1.29 is 0 Å². The normalized spacial score (nSPS) is 16.8. The zero-order valence-electron chi connectivity index (χ0n) is 15.4. The van der Waals surface area contributed by atoms with Crippen molar-refractivity contribution >= 4 is 19.6 Å². The lowest BCUT2D eigenvalue weighted by molar-refractivity contribution is 0.205. The van der Waals surface area contributed by atoms with Gasteiger partial charge in [0.05, 0.1) is 0 Å². The summed E-state index contributed by atoms with van der Waals surface area (Å²) in [5.74, 6) is 6.04. The van der Waals surface area contributed by atoms with Gasteiger partial charge in [0.25, 0.3) is 0 Å². The summed E-state index contributed by atoms with van der Waals surface area (Å²) in [4.78, 5) is 2.31. The van der Waals surface area contributed by atoms with Crippen molar-refractivity contribution in [1.29, 1.82) is 0 Å². The first-order valence-corrected chi connectivity index (χ1v) is 10.6. The average Bonchev–Trinajstić information content (AvgIpc) is 2.55. The molecule has 1 rings (SSSR count). The lowest BCUT2D eigenvalue weighted by atomic mass is 9.99. The number of hydrogen-bond donors (Lipinski definition) is 3. The molecule has 6 N–H and O–H groups in total. The Morgan fingerprint density at radius 3 is 2.17 bits per heavy atom. The van der Waals surface area contributed by atoms with E-state index in [2.05, 4.69) is 11.2 Å². The Balaban J connectivity index is 2.06. The Kier molecular flexibility index (Phi) is 11.7. The maximum absolute atomic E-state index is 6.10. The van der Waals surface area contributed by atoms with Gasteiger partial charge in [-0.3, -0.25) is 4.90 Å². The van der Waals surface area contributed by atoms with Crippen molar-refractivity contribution in [3.8, 4) is 0 Å². The van der Waals surface area contributed by atoms with Crippen LogP contribution < -0.4 is 17.3 Å². The van der Waals surface area contributed by atoms with Gasteiger partial charge in [-0.25, -0.2) is 5.84 Å². The largest absolute Gasteiger partial charge is 0.400 e. The van der Waals surface area contributed by atoms with E-state index in [0.717, 1.165) is 50.8 Å². The zero-order chi connectivity index (χ0) is 17.8. The van der Waals surface area contributed by atoms with E-state index in [-0.39, 0.29) is 0 Å². The van der Waals surface area contributed by atoms with Gasteiger partial charge in [-0.1, -0.05) is 38.5 Å². The molecule has 0 atom stereocenters. The number of rotatable bonds is 14. The first-order chi connectivity index (χ1) is 11.6. The predicted octanol–water partition coefficient (Wildman–Crippen LogP) is 1.59. The smallest absolute Gasteiger partial charge is 0.142 e. The number of nitrogens with two attached hydrogens (primary N) is 3. The summed E-state index contributed by atoms with van der Waals surface area (Å²) in [6.07, 6.45) is 12.0. The topological polar surface area (TPSA) is 84.5 Å². The quantitative estimate of drug-likeness (QED) is 0.190. The van der Waals surface area contributed by atoms with E-state index in [1.54, 1.807) is 5.01 Å². The predicted molar refractivity (Wildman–Crippen MR) is 108 cm³/mol. The molecule has 7 heteroatoms. The highest BCUT2D eigenvalue weighted by molar-refractivity contribution is 7.99. The molecule has 1 fully saturated rings.